The van der Waals surface area contributed by atoms with Crippen LogP contribution in [0.15, 0.2) is 12.2 Å². The van der Waals surface area contributed by atoms with E-state index in [0.29, 0.717) is 11.2 Å². The molecule has 0 aromatic rings. The molecule has 0 spiro atoms. The van der Waals surface area contributed by atoms with E-state index in [2.05, 4.69) is 28.8 Å². The third kappa shape index (κ3) is 3.61. The molecule has 0 radical (unpaired) electrons. The molecule has 2 fully saturated rings. The van der Waals surface area contributed by atoms with Gasteiger partial charge in [-0.15, -0.1) is 6.42 Å². The van der Waals surface area contributed by atoms with Gasteiger partial charge >= 0.3 is 0 Å². The topological polar surface area (TPSA) is 38.7 Å². The smallest absolute Gasteiger partial charge is 0.0868 e. The van der Waals surface area contributed by atoms with E-state index < -0.39 is 6.10 Å². The van der Waals surface area contributed by atoms with E-state index in [-0.39, 0.29) is 24.4 Å². The third-order valence-corrected chi connectivity index (χ3v) is 5.09. The van der Waals surface area contributed by atoms with Gasteiger partial charge in [0.1, 0.15) is 0 Å². The lowest BCUT2D eigenvalue weighted by Gasteiger charge is -2.21. The molecule has 0 aromatic heterocycles. The minimum atomic E-state index is -0.497. The van der Waals surface area contributed by atoms with Crippen LogP contribution in [0.2, 0.25) is 0 Å². The van der Waals surface area contributed by atoms with Crippen LogP contribution in [0.4, 0.5) is 0 Å². The van der Waals surface area contributed by atoms with Gasteiger partial charge in [0.05, 0.1) is 30.5 Å². The zero-order valence-electron chi connectivity index (χ0n) is 11.2. The number of hydrogen-bond acceptors (Lipinski definition) is 3. The fraction of sp³-hybridized carbons (Fsp3) is 0.733. The van der Waals surface area contributed by atoms with Crippen LogP contribution < -0.4 is 0 Å². The first-order valence-electron chi connectivity index (χ1n) is 6.89. The number of allylic oxidation sites excluding steroid dienone is 1. The number of rotatable bonds is 5. The Hall–Kier alpha value is -0.340. The number of aliphatic hydroxyl groups excluding tert-OH is 1. The van der Waals surface area contributed by atoms with Crippen molar-refractivity contribution in [1.82, 2.24) is 0 Å². The Labute approximate surface area is 123 Å². The summed E-state index contributed by atoms with van der Waals surface area (Å²) in [4.78, 5) is 0.392. The second-order valence-corrected chi connectivity index (χ2v) is 6.37. The Kier molecular flexibility index (Phi) is 5.47. The van der Waals surface area contributed by atoms with Gasteiger partial charge in [0.2, 0.25) is 0 Å². The number of aliphatic hydroxyl groups is 1. The molecule has 0 aromatic carbocycles. The van der Waals surface area contributed by atoms with Crippen molar-refractivity contribution in [3.63, 3.8) is 0 Å². The molecule has 2 heterocycles. The first kappa shape index (κ1) is 15.1. The van der Waals surface area contributed by atoms with E-state index in [9.17, 15) is 5.11 Å². The summed E-state index contributed by atoms with van der Waals surface area (Å²) in [6.45, 7) is 2.14. The van der Waals surface area contributed by atoms with Crippen LogP contribution in [0.5, 0.6) is 0 Å². The minimum Gasteiger partial charge on any atom is -0.390 e. The van der Waals surface area contributed by atoms with Crippen LogP contribution >= 0.6 is 15.9 Å². The maximum Gasteiger partial charge on any atom is 0.0868 e. The molecule has 2 aliphatic rings. The van der Waals surface area contributed by atoms with Crippen LogP contribution in [0.25, 0.3) is 0 Å². The Bertz CT molecular complexity index is 349. The highest BCUT2D eigenvalue weighted by molar-refractivity contribution is 9.09. The van der Waals surface area contributed by atoms with Crippen molar-refractivity contribution < 1.29 is 14.6 Å². The monoisotopic (exact) mass is 328 g/mol. The largest absolute Gasteiger partial charge is 0.390 e. The predicted octanol–water partition coefficient (Wildman–Crippen LogP) is 2.42. The van der Waals surface area contributed by atoms with E-state index in [0.717, 1.165) is 19.3 Å². The lowest BCUT2D eigenvalue weighted by atomic mass is 10.0. The molecule has 1 N–H and O–H groups in total. The van der Waals surface area contributed by atoms with Crippen molar-refractivity contribution in [3.8, 4) is 12.3 Å². The molecule has 2 saturated heterocycles. The molecular weight excluding hydrogens is 308 g/mol. The average Bonchev–Trinajstić information content (AvgIpc) is 2.96. The van der Waals surface area contributed by atoms with E-state index in [1.807, 2.05) is 0 Å². The summed E-state index contributed by atoms with van der Waals surface area (Å²) >= 11 is 3.64. The molecule has 106 valence electrons. The molecule has 19 heavy (non-hydrogen) atoms. The highest BCUT2D eigenvalue weighted by Crippen LogP contribution is 2.38. The van der Waals surface area contributed by atoms with Crippen LogP contribution in [0.3, 0.4) is 0 Å². The summed E-state index contributed by atoms with van der Waals surface area (Å²) in [6.07, 6.45) is 11.7. The molecule has 3 nitrogen and oxygen atoms in total. The highest BCUT2D eigenvalue weighted by Gasteiger charge is 2.46. The van der Waals surface area contributed by atoms with Crippen molar-refractivity contribution in [2.75, 3.05) is 0 Å². The Morgan fingerprint density at radius 2 is 2.00 bits per heavy atom. The van der Waals surface area contributed by atoms with E-state index in [4.69, 9.17) is 15.9 Å². The van der Waals surface area contributed by atoms with Crippen molar-refractivity contribution in [1.29, 1.82) is 0 Å². The van der Waals surface area contributed by atoms with Crippen LogP contribution in [-0.2, 0) is 9.47 Å². The fourth-order valence-electron chi connectivity index (χ4n) is 2.78. The number of terminal acetylenes is 1. The Morgan fingerprint density at radius 1 is 1.37 bits per heavy atom. The quantitative estimate of drug-likeness (QED) is 0.622. The normalized spacial score (nSPS) is 37.2. The molecule has 2 rings (SSSR count). The number of hydrogen-bond donors (Lipinski definition) is 1. The van der Waals surface area contributed by atoms with Gasteiger partial charge in [-0.1, -0.05) is 34.9 Å². The van der Waals surface area contributed by atoms with E-state index in [1.54, 1.807) is 12.2 Å². The van der Waals surface area contributed by atoms with Crippen molar-refractivity contribution in [3.05, 3.63) is 12.2 Å². The Balaban J connectivity index is 1.81. The molecule has 0 saturated carbocycles. The first-order valence-corrected chi connectivity index (χ1v) is 7.81. The van der Waals surface area contributed by atoms with E-state index in [1.165, 1.54) is 0 Å². The molecule has 0 bridgehead atoms. The minimum absolute atomic E-state index is 0.131. The summed E-state index contributed by atoms with van der Waals surface area (Å²) in [5.41, 5.74) is 0. The van der Waals surface area contributed by atoms with Gasteiger partial charge in [0, 0.05) is 17.7 Å². The summed E-state index contributed by atoms with van der Waals surface area (Å²) in [6, 6.07) is 0. The zero-order valence-corrected chi connectivity index (χ0v) is 12.8. The molecule has 2 aliphatic heterocycles. The molecule has 6 atom stereocenters. The molecule has 2 unspecified atom stereocenters. The van der Waals surface area contributed by atoms with Crippen LogP contribution in [0.1, 0.15) is 32.6 Å². The SMILES string of the molecule is C#C/C=C\C[C@@H](O)[C@@H]1CC2O[C@H]([C@H](Br)CC)CC2O1. The van der Waals surface area contributed by atoms with Crippen LogP contribution in [-0.4, -0.2) is 40.5 Å². The summed E-state index contributed by atoms with van der Waals surface area (Å²) in [7, 11) is 0. The van der Waals surface area contributed by atoms with Gasteiger partial charge in [-0.2, -0.15) is 0 Å². The van der Waals surface area contributed by atoms with Gasteiger partial charge in [-0.3, -0.25) is 0 Å². The first-order chi connectivity index (χ1) is 9.15. The van der Waals surface area contributed by atoms with Crippen molar-refractivity contribution in [2.45, 2.75) is 68.0 Å². The maximum absolute atomic E-state index is 10.0. The van der Waals surface area contributed by atoms with Crippen molar-refractivity contribution >= 4 is 15.9 Å². The van der Waals surface area contributed by atoms with Crippen LogP contribution in [0, 0.1) is 12.3 Å². The number of halogens is 1. The lowest BCUT2D eigenvalue weighted by molar-refractivity contribution is -0.0330. The highest BCUT2D eigenvalue weighted by atomic mass is 79.9. The average molecular weight is 329 g/mol. The second-order valence-electron chi connectivity index (χ2n) is 5.19. The zero-order chi connectivity index (χ0) is 13.8. The maximum atomic E-state index is 10.0. The molecular formula is C15H21BrO3. The van der Waals surface area contributed by atoms with Crippen molar-refractivity contribution in [2.24, 2.45) is 0 Å². The molecule has 4 heteroatoms. The summed E-state index contributed by atoms with van der Waals surface area (Å²) in [5.74, 6) is 2.42. The van der Waals surface area contributed by atoms with Gasteiger partial charge < -0.3 is 14.6 Å². The van der Waals surface area contributed by atoms with E-state index >= 15 is 0 Å². The predicted molar refractivity (Wildman–Crippen MR) is 78.2 cm³/mol. The van der Waals surface area contributed by atoms with Gasteiger partial charge in [-0.25, -0.2) is 0 Å². The molecule has 0 amide bonds. The molecule has 0 aliphatic carbocycles. The Morgan fingerprint density at radius 3 is 2.63 bits per heavy atom. The summed E-state index contributed by atoms with van der Waals surface area (Å²) < 4.78 is 11.9. The lowest BCUT2D eigenvalue weighted by Crippen LogP contribution is -2.28. The number of ether oxygens (including phenoxy) is 2. The van der Waals surface area contributed by atoms with Gasteiger partial charge in [0.25, 0.3) is 0 Å². The number of fused-ring (bicyclic) bond motifs is 1. The number of alkyl halides is 1. The van der Waals surface area contributed by atoms with Gasteiger partial charge in [0.15, 0.2) is 0 Å². The third-order valence-electron chi connectivity index (χ3n) is 3.86. The summed E-state index contributed by atoms with van der Waals surface area (Å²) in [5, 5.41) is 10.0. The fourth-order valence-corrected chi connectivity index (χ4v) is 3.12. The second kappa shape index (κ2) is 6.90. The van der Waals surface area contributed by atoms with Gasteiger partial charge in [-0.05, 0) is 18.9 Å². The standard InChI is InChI=1S/C15H21BrO3/c1-3-5-6-7-11(17)13-9-15-14(19-13)8-12(18-15)10(16)4-2/h1,5-6,10-15,17H,4,7-9H2,2H3/b6-5-/t10-,11-,12+,13+,14?,15?/m1/s1.